The van der Waals surface area contributed by atoms with Crippen LogP contribution in [0.15, 0.2) is 36.5 Å². The van der Waals surface area contributed by atoms with Gasteiger partial charge in [-0.15, -0.1) is 0 Å². The van der Waals surface area contributed by atoms with Crippen LogP contribution >= 0.6 is 0 Å². The molecule has 0 bridgehead atoms. The van der Waals surface area contributed by atoms with E-state index in [0.717, 1.165) is 12.8 Å². The van der Waals surface area contributed by atoms with Crippen LogP contribution in [-0.4, -0.2) is 51.6 Å². The molecule has 26 heavy (non-hydrogen) atoms. The monoisotopic (exact) mass is 357 g/mol. The molecule has 0 saturated carbocycles. The third kappa shape index (κ3) is 3.56. The van der Waals surface area contributed by atoms with Crippen molar-refractivity contribution in [1.29, 1.82) is 0 Å². The number of carbonyl (C=O) groups excluding carboxylic acids is 2. The average molecular weight is 357 g/mol. The predicted molar refractivity (Wildman–Crippen MR) is 92.9 cm³/mol. The van der Waals surface area contributed by atoms with E-state index in [9.17, 15) is 19.7 Å². The average Bonchev–Trinajstić information content (AvgIpc) is 3.17. The molecular formula is C17H19N5O4. The Labute approximate surface area is 149 Å². The minimum absolute atomic E-state index is 0.0100. The van der Waals surface area contributed by atoms with Gasteiger partial charge in [0.15, 0.2) is 0 Å². The Hall–Kier alpha value is -3.23. The molecule has 1 saturated heterocycles. The van der Waals surface area contributed by atoms with E-state index in [1.807, 2.05) is 0 Å². The van der Waals surface area contributed by atoms with Crippen molar-refractivity contribution in [1.82, 2.24) is 20.0 Å². The molecular weight excluding hydrogens is 338 g/mol. The van der Waals surface area contributed by atoms with Gasteiger partial charge < -0.3 is 10.2 Å². The summed E-state index contributed by atoms with van der Waals surface area (Å²) in [5.41, 5.74) is 0.713. The summed E-state index contributed by atoms with van der Waals surface area (Å²) in [6.07, 6.45) is 3.42. The predicted octanol–water partition coefficient (Wildman–Crippen LogP) is 1.63. The zero-order valence-electron chi connectivity index (χ0n) is 14.3. The van der Waals surface area contributed by atoms with Crippen LogP contribution in [-0.2, 0) is 0 Å². The van der Waals surface area contributed by atoms with E-state index in [4.69, 9.17) is 0 Å². The highest BCUT2D eigenvalue weighted by molar-refractivity contribution is 5.94. The standard InChI is InChI=1S/C17H19N5O4/c1-18-16(23)15-8-10-21(19-15)14-3-2-9-20(11-14)17(24)12-4-6-13(7-5-12)22(25)26/h4-8,10,14H,2-3,9,11H2,1H3,(H,18,23)/t14-/m1/s1. The minimum atomic E-state index is -0.493. The van der Waals surface area contributed by atoms with Crippen LogP contribution in [0.3, 0.4) is 0 Å². The summed E-state index contributed by atoms with van der Waals surface area (Å²) in [6, 6.07) is 7.25. The van der Waals surface area contributed by atoms with E-state index in [1.165, 1.54) is 24.3 Å². The van der Waals surface area contributed by atoms with Crippen molar-refractivity contribution in [3.05, 3.63) is 57.9 Å². The quantitative estimate of drug-likeness (QED) is 0.660. The first-order valence-corrected chi connectivity index (χ1v) is 8.30. The first-order valence-electron chi connectivity index (χ1n) is 8.30. The summed E-state index contributed by atoms with van der Waals surface area (Å²) in [5.74, 6) is -0.415. The number of non-ortho nitro benzene ring substituents is 1. The van der Waals surface area contributed by atoms with Crippen molar-refractivity contribution in [3.63, 3.8) is 0 Å². The molecule has 2 aromatic rings. The van der Waals surface area contributed by atoms with E-state index in [-0.39, 0.29) is 23.5 Å². The number of amides is 2. The SMILES string of the molecule is CNC(=O)c1ccn([C@@H]2CCCN(C(=O)c3ccc([N+](=O)[O-])cc3)C2)n1. The van der Waals surface area contributed by atoms with Crippen LogP contribution in [0.4, 0.5) is 5.69 Å². The van der Waals surface area contributed by atoms with Gasteiger partial charge in [-0.25, -0.2) is 0 Å². The number of nitrogens with one attached hydrogen (secondary N) is 1. The Kier molecular flexibility index (Phi) is 4.97. The highest BCUT2D eigenvalue weighted by atomic mass is 16.6. The molecule has 1 aromatic heterocycles. The first kappa shape index (κ1) is 17.6. The maximum Gasteiger partial charge on any atom is 0.271 e. The number of carbonyl (C=O) groups is 2. The third-order valence-electron chi connectivity index (χ3n) is 4.45. The molecule has 0 unspecified atom stereocenters. The van der Waals surface area contributed by atoms with E-state index in [1.54, 1.807) is 28.9 Å². The van der Waals surface area contributed by atoms with Gasteiger partial charge in [-0.2, -0.15) is 5.10 Å². The number of likely N-dealkylation sites (tertiary alicyclic amines) is 1. The zero-order valence-corrected chi connectivity index (χ0v) is 14.3. The second-order valence-corrected chi connectivity index (χ2v) is 6.11. The van der Waals surface area contributed by atoms with E-state index in [2.05, 4.69) is 10.4 Å². The summed E-state index contributed by atoms with van der Waals surface area (Å²) in [4.78, 5) is 36.3. The van der Waals surface area contributed by atoms with Crippen LogP contribution in [0.25, 0.3) is 0 Å². The van der Waals surface area contributed by atoms with Crippen molar-refractivity contribution >= 4 is 17.5 Å². The summed E-state index contributed by atoms with van der Waals surface area (Å²) >= 11 is 0. The number of benzene rings is 1. The Balaban J connectivity index is 1.71. The number of nitro groups is 1. The molecule has 3 rings (SSSR count). The van der Waals surface area contributed by atoms with Crippen LogP contribution in [0.2, 0.25) is 0 Å². The molecule has 1 aliphatic rings. The molecule has 136 valence electrons. The Morgan fingerprint density at radius 3 is 2.65 bits per heavy atom. The summed E-state index contributed by atoms with van der Waals surface area (Å²) < 4.78 is 1.72. The van der Waals surface area contributed by atoms with Gasteiger partial charge in [0, 0.05) is 44.0 Å². The molecule has 1 aromatic carbocycles. The van der Waals surface area contributed by atoms with E-state index >= 15 is 0 Å². The summed E-state index contributed by atoms with van der Waals surface area (Å²) in [7, 11) is 1.55. The second kappa shape index (κ2) is 7.34. The number of nitro benzene ring substituents is 1. The lowest BCUT2D eigenvalue weighted by atomic mass is 10.0. The second-order valence-electron chi connectivity index (χ2n) is 6.11. The molecule has 0 radical (unpaired) electrons. The topological polar surface area (TPSA) is 110 Å². The highest BCUT2D eigenvalue weighted by Gasteiger charge is 2.26. The molecule has 1 aliphatic heterocycles. The summed E-state index contributed by atoms with van der Waals surface area (Å²) in [5, 5.41) is 17.6. The Morgan fingerprint density at radius 2 is 2.00 bits per heavy atom. The molecule has 2 heterocycles. The smallest absolute Gasteiger partial charge is 0.271 e. The molecule has 0 aliphatic carbocycles. The van der Waals surface area contributed by atoms with Gasteiger partial charge in [-0.05, 0) is 31.0 Å². The molecule has 9 nitrogen and oxygen atoms in total. The zero-order chi connectivity index (χ0) is 18.7. The van der Waals surface area contributed by atoms with Crippen LogP contribution < -0.4 is 5.32 Å². The minimum Gasteiger partial charge on any atom is -0.354 e. The highest BCUT2D eigenvalue weighted by Crippen LogP contribution is 2.23. The third-order valence-corrected chi connectivity index (χ3v) is 4.45. The van der Waals surface area contributed by atoms with Crippen molar-refractivity contribution in [2.24, 2.45) is 0 Å². The molecule has 1 N–H and O–H groups in total. The van der Waals surface area contributed by atoms with Crippen molar-refractivity contribution in [2.75, 3.05) is 20.1 Å². The van der Waals surface area contributed by atoms with Crippen LogP contribution in [0, 0.1) is 10.1 Å². The van der Waals surface area contributed by atoms with Crippen molar-refractivity contribution in [3.8, 4) is 0 Å². The first-order chi connectivity index (χ1) is 12.5. The number of aromatic nitrogens is 2. The van der Waals surface area contributed by atoms with Crippen molar-refractivity contribution < 1.29 is 14.5 Å². The Bertz CT molecular complexity index is 830. The van der Waals surface area contributed by atoms with Crippen molar-refractivity contribution in [2.45, 2.75) is 18.9 Å². The molecule has 0 spiro atoms. The molecule has 1 atom stereocenters. The molecule has 1 fully saturated rings. The fourth-order valence-electron chi connectivity index (χ4n) is 3.05. The van der Waals surface area contributed by atoms with Gasteiger partial charge in [0.1, 0.15) is 5.69 Å². The van der Waals surface area contributed by atoms with Gasteiger partial charge >= 0.3 is 0 Å². The fraction of sp³-hybridized carbons (Fsp3) is 0.353. The van der Waals surface area contributed by atoms with Gasteiger partial charge in [0.05, 0.1) is 11.0 Å². The number of piperidine rings is 1. The number of hydrogen-bond acceptors (Lipinski definition) is 5. The van der Waals surface area contributed by atoms with Gasteiger partial charge in [0.25, 0.3) is 17.5 Å². The summed E-state index contributed by atoms with van der Waals surface area (Å²) in [6.45, 7) is 1.10. The van der Waals surface area contributed by atoms with Crippen LogP contribution in [0.1, 0.15) is 39.7 Å². The maximum atomic E-state index is 12.7. The number of rotatable bonds is 4. The fourth-order valence-corrected chi connectivity index (χ4v) is 3.05. The van der Waals surface area contributed by atoms with Crippen LogP contribution in [0.5, 0.6) is 0 Å². The lowest BCUT2D eigenvalue weighted by Gasteiger charge is -2.33. The van der Waals surface area contributed by atoms with E-state index < -0.39 is 4.92 Å². The Morgan fingerprint density at radius 1 is 1.27 bits per heavy atom. The number of hydrogen-bond donors (Lipinski definition) is 1. The lowest BCUT2D eigenvalue weighted by molar-refractivity contribution is -0.384. The van der Waals surface area contributed by atoms with E-state index in [0.29, 0.717) is 24.3 Å². The largest absolute Gasteiger partial charge is 0.354 e. The molecule has 2 amide bonds. The maximum absolute atomic E-state index is 12.7. The lowest BCUT2D eigenvalue weighted by Crippen LogP contribution is -2.40. The van der Waals surface area contributed by atoms with Gasteiger partial charge in [-0.1, -0.05) is 0 Å². The normalized spacial score (nSPS) is 17.0. The van der Waals surface area contributed by atoms with Gasteiger partial charge in [-0.3, -0.25) is 24.4 Å². The van der Waals surface area contributed by atoms with Gasteiger partial charge in [0.2, 0.25) is 0 Å². The number of nitrogens with zero attached hydrogens (tertiary/aromatic N) is 4. The molecule has 9 heteroatoms.